The molecule has 6 heteroatoms. The van der Waals surface area contributed by atoms with Gasteiger partial charge in [-0.05, 0) is 61.4 Å². The molecule has 0 aromatic heterocycles. The maximum absolute atomic E-state index is 13.7. The second-order valence-electron chi connectivity index (χ2n) is 9.12. The van der Waals surface area contributed by atoms with Gasteiger partial charge in [-0.3, -0.25) is 4.79 Å². The van der Waals surface area contributed by atoms with Gasteiger partial charge in [-0.15, -0.1) is 0 Å². The first-order valence-electron chi connectivity index (χ1n) is 12.1. The Labute approximate surface area is 207 Å². The molecule has 1 heterocycles. The number of carbonyl (C=O) groups is 2. The van der Waals surface area contributed by atoms with E-state index in [4.69, 9.17) is 14.2 Å². The van der Waals surface area contributed by atoms with Gasteiger partial charge in [0.15, 0.2) is 17.3 Å². The van der Waals surface area contributed by atoms with E-state index in [1.807, 2.05) is 63.2 Å². The largest absolute Gasteiger partial charge is 0.493 e. The monoisotopic (exact) mass is 475 g/mol. The summed E-state index contributed by atoms with van der Waals surface area (Å²) in [5.41, 5.74) is 5.82. The quantitative estimate of drug-likeness (QED) is 0.546. The normalized spacial score (nSPS) is 19.7. The third-order valence-electron chi connectivity index (χ3n) is 6.86. The van der Waals surface area contributed by atoms with Crippen LogP contribution in [0.2, 0.25) is 0 Å². The molecule has 0 unspecified atom stereocenters. The fourth-order valence-electron chi connectivity index (χ4n) is 5.15. The van der Waals surface area contributed by atoms with Crippen molar-refractivity contribution in [1.29, 1.82) is 0 Å². The van der Waals surface area contributed by atoms with Crippen molar-refractivity contribution < 1.29 is 23.8 Å². The molecule has 1 N–H and O–H groups in total. The molecule has 2 aromatic rings. The summed E-state index contributed by atoms with van der Waals surface area (Å²) in [4.78, 5) is 26.9. The number of aryl methyl sites for hydroxylation is 1. The number of methoxy groups -OCH3 is 2. The zero-order chi connectivity index (χ0) is 25.1. The van der Waals surface area contributed by atoms with Crippen LogP contribution in [0.3, 0.4) is 0 Å². The second kappa shape index (κ2) is 10.4. The molecule has 2 atom stereocenters. The summed E-state index contributed by atoms with van der Waals surface area (Å²) in [5.74, 6) is 0.515. The number of rotatable bonds is 7. The number of carbonyl (C=O) groups excluding carboxylic acids is 2. The van der Waals surface area contributed by atoms with Crippen LogP contribution in [0.25, 0.3) is 0 Å². The molecule has 0 amide bonds. The maximum Gasteiger partial charge on any atom is 0.336 e. The van der Waals surface area contributed by atoms with E-state index in [0.29, 0.717) is 42.1 Å². The SMILES string of the molecule is CCCOC(=O)C1=C(C)NC2=C(C(=O)C[C@@H](c3ccc(OC)c(OC)c3)C2)[C@@H]1c1ccccc1C. The minimum absolute atomic E-state index is 0.00697. The lowest BCUT2D eigenvalue weighted by molar-refractivity contribution is -0.139. The van der Waals surface area contributed by atoms with Gasteiger partial charge in [0.2, 0.25) is 0 Å². The number of ketones is 1. The van der Waals surface area contributed by atoms with Gasteiger partial charge in [0.05, 0.1) is 26.4 Å². The van der Waals surface area contributed by atoms with Crippen molar-refractivity contribution in [2.75, 3.05) is 20.8 Å². The van der Waals surface area contributed by atoms with Crippen LogP contribution >= 0.6 is 0 Å². The van der Waals surface area contributed by atoms with E-state index >= 15 is 0 Å². The number of ether oxygens (including phenoxy) is 3. The van der Waals surface area contributed by atoms with Gasteiger partial charge in [-0.2, -0.15) is 0 Å². The smallest absolute Gasteiger partial charge is 0.336 e. The summed E-state index contributed by atoms with van der Waals surface area (Å²) in [5, 5.41) is 3.41. The van der Waals surface area contributed by atoms with Crippen molar-refractivity contribution in [2.45, 2.75) is 51.9 Å². The predicted molar refractivity (Wildman–Crippen MR) is 135 cm³/mol. The molecule has 35 heavy (non-hydrogen) atoms. The minimum Gasteiger partial charge on any atom is -0.493 e. The van der Waals surface area contributed by atoms with Crippen LogP contribution < -0.4 is 14.8 Å². The Hall–Kier alpha value is -3.54. The number of benzene rings is 2. The summed E-state index contributed by atoms with van der Waals surface area (Å²) < 4.78 is 16.4. The molecule has 0 fully saturated rings. The minimum atomic E-state index is -0.448. The average molecular weight is 476 g/mol. The van der Waals surface area contributed by atoms with Gasteiger partial charge in [-0.25, -0.2) is 4.79 Å². The van der Waals surface area contributed by atoms with Crippen molar-refractivity contribution in [3.8, 4) is 11.5 Å². The predicted octanol–water partition coefficient (Wildman–Crippen LogP) is 5.33. The average Bonchev–Trinajstić information content (AvgIpc) is 2.86. The van der Waals surface area contributed by atoms with Crippen LogP contribution in [-0.2, 0) is 14.3 Å². The molecule has 2 aromatic carbocycles. The Morgan fingerprint density at radius 1 is 1.03 bits per heavy atom. The number of Topliss-reactive ketones (excluding diaryl/α,β-unsaturated/α-hetero) is 1. The molecule has 6 nitrogen and oxygen atoms in total. The van der Waals surface area contributed by atoms with Crippen LogP contribution in [0.5, 0.6) is 11.5 Å². The molecule has 184 valence electrons. The highest BCUT2D eigenvalue weighted by molar-refractivity contribution is 6.04. The van der Waals surface area contributed by atoms with E-state index in [1.54, 1.807) is 14.2 Å². The molecular formula is C29H33NO5. The number of dihydropyridines is 1. The Morgan fingerprint density at radius 3 is 2.46 bits per heavy atom. The summed E-state index contributed by atoms with van der Waals surface area (Å²) in [6.07, 6.45) is 1.75. The summed E-state index contributed by atoms with van der Waals surface area (Å²) >= 11 is 0. The number of hydrogen-bond donors (Lipinski definition) is 1. The topological polar surface area (TPSA) is 73.9 Å². The molecule has 0 radical (unpaired) electrons. The van der Waals surface area contributed by atoms with Crippen molar-refractivity contribution in [1.82, 2.24) is 5.32 Å². The zero-order valence-electron chi connectivity index (χ0n) is 21.1. The Kier molecular flexibility index (Phi) is 7.29. The zero-order valence-corrected chi connectivity index (χ0v) is 21.1. The molecule has 0 bridgehead atoms. The summed E-state index contributed by atoms with van der Waals surface area (Å²) in [6.45, 7) is 6.22. The summed E-state index contributed by atoms with van der Waals surface area (Å²) in [6, 6.07) is 13.7. The number of allylic oxidation sites excluding steroid dienone is 3. The lowest BCUT2D eigenvalue weighted by atomic mass is 9.71. The highest BCUT2D eigenvalue weighted by atomic mass is 16.5. The van der Waals surface area contributed by atoms with Gasteiger partial charge < -0.3 is 19.5 Å². The number of esters is 1. The lowest BCUT2D eigenvalue weighted by Gasteiger charge is -2.37. The third-order valence-corrected chi connectivity index (χ3v) is 6.86. The molecule has 2 aliphatic rings. The third kappa shape index (κ3) is 4.70. The van der Waals surface area contributed by atoms with E-state index in [9.17, 15) is 9.59 Å². The molecule has 0 saturated carbocycles. The van der Waals surface area contributed by atoms with Gasteiger partial charge in [0.25, 0.3) is 0 Å². The van der Waals surface area contributed by atoms with Crippen LogP contribution in [0.15, 0.2) is 65.0 Å². The number of hydrogen-bond acceptors (Lipinski definition) is 6. The summed E-state index contributed by atoms with van der Waals surface area (Å²) in [7, 11) is 3.21. The Balaban J connectivity index is 1.77. The van der Waals surface area contributed by atoms with E-state index in [0.717, 1.165) is 34.5 Å². The van der Waals surface area contributed by atoms with E-state index < -0.39 is 5.92 Å². The van der Waals surface area contributed by atoms with Crippen LogP contribution in [0.4, 0.5) is 0 Å². The first-order chi connectivity index (χ1) is 16.9. The molecular weight excluding hydrogens is 442 g/mol. The van der Waals surface area contributed by atoms with E-state index in [-0.39, 0.29) is 17.7 Å². The lowest BCUT2D eigenvalue weighted by Crippen LogP contribution is -2.36. The highest BCUT2D eigenvalue weighted by Gasteiger charge is 2.41. The van der Waals surface area contributed by atoms with Gasteiger partial charge in [-0.1, -0.05) is 37.3 Å². The van der Waals surface area contributed by atoms with Crippen LogP contribution in [-0.4, -0.2) is 32.6 Å². The van der Waals surface area contributed by atoms with Crippen molar-refractivity contribution in [3.05, 3.63) is 81.7 Å². The fraction of sp³-hybridized carbons (Fsp3) is 0.379. The second-order valence-corrected chi connectivity index (χ2v) is 9.12. The standard InChI is InChI=1S/C29H33NO5/c1-6-13-35-29(32)26-18(3)30-22-14-20(19-11-12-24(33-4)25(16-19)34-5)15-23(31)28(22)27(26)21-10-8-7-9-17(21)2/h7-12,16,20,27,30H,6,13-15H2,1-5H3/t20-,27+/m0/s1. The Morgan fingerprint density at radius 2 is 1.77 bits per heavy atom. The van der Waals surface area contributed by atoms with Crippen LogP contribution in [0.1, 0.15) is 61.6 Å². The molecule has 0 saturated heterocycles. The van der Waals surface area contributed by atoms with Crippen molar-refractivity contribution in [3.63, 3.8) is 0 Å². The highest BCUT2D eigenvalue weighted by Crippen LogP contribution is 2.47. The maximum atomic E-state index is 13.7. The van der Waals surface area contributed by atoms with Gasteiger partial charge in [0.1, 0.15) is 0 Å². The first kappa shape index (κ1) is 24.6. The molecule has 1 aliphatic carbocycles. The van der Waals surface area contributed by atoms with E-state index in [1.165, 1.54) is 0 Å². The van der Waals surface area contributed by atoms with E-state index in [2.05, 4.69) is 5.32 Å². The van der Waals surface area contributed by atoms with Gasteiger partial charge in [0, 0.05) is 29.3 Å². The molecule has 1 aliphatic heterocycles. The fourth-order valence-corrected chi connectivity index (χ4v) is 5.15. The van der Waals surface area contributed by atoms with Crippen molar-refractivity contribution >= 4 is 11.8 Å². The first-order valence-corrected chi connectivity index (χ1v) is 12.1. The van der Waals surface area contributed by atoms with Gasteiger partial charge >= 0.3 is 5.97 Å². The van der Waals surface area contributed by atoms with Crippen LogP contribution in [0, 0.1) is 6.92 Å². The Bertz CT molecular complexity index is 1210. The molecule has 0 spiro atoms. The number of nitrogens with one attached hydrogen (secondary N) is 1. The molecule has 4 rings (SSSR count). The van der Waals surface area contributed by atoms with Crippen molar-refractivity contribution in [2.24, 2.45) is 0 Å².